The van der Waals surface area contributed by atoms with Crippen LogP contribution in [0, 0.1) is 0 Å². The SMILES string of the molecule is O=C1c2ccc(C3=CCNC3)cc2CN1N1C(=O)CCCC1=O. The zero-order valence-electron chi connectivity index (χ0n) is 12.7. The van der Waals surface area contributed by atoms with E-state index >= 15 is 0 Å². The Hall–Kier alpha value is -2.47. The largest absolute Gasteiger partial charge is 0.309 e. The van der Waals surface area contributed by atoms with E-state index in [-0.39, 0.29) is 24.3 Å². The lowest BCUT2D eigenvalue weighted by Gasteiger charge is -2.32. The Labute approximate surface area is 133 Å². The molecule has 0 bridgehead atoms. The third kappa shape index (κ3) is 2.26. The van der Waals surface area contributed by atoms with Gasteiger partial charge in [-0.1, -0.05) is 12.1 Å². The maximum absolute atomic E-state index is 12.6. The molecule has 23 heavy (non-hydrogen) atoms. The molecule has 1 saturated heterocycles. The number of carbonyl (C=O) groups is 3. The fourth-order valence-electron chi connectivity index (χ4n) is 3.37. The van der Waals surface area contributed by atoms with Crippen LogP contribution in [0.2, 0.25) is 0 Å². The summed E-state index contributed by atoms with van der Waals surface area (Å²) in [5.74, 6) is -0.843. The molecule has 0 radical (unpaired) electrons. The van der Waals surface area contributed by atoms with E-state index in [1.807, 2.05) is 12.1 Å². The maximum atomic E-state index is 12.6. The molecule has 1 aromatic carbocycles. The Bertz CT molecular complexity index is 737. The van der Waals surface area contributed by atoms with Crippen molar-refractivity contribution in [1.82, 2.24) is 15.3 Å². The highest BCUT2D eigenvalue weighted by Crippen LogP contribution is 2.29. The predicted molar refractivity (Wildman–Crippen MR) is 82.9 cm³/mol. The van der Waals surface area contributed by atoms with Crippen molar-refractivity contribution < 1.29 is 14.4 Å². The van der Waals surface area contributed by atoms with E-state index in [0.717, 1.165) is 29.2 Å². The minimum atomic E-state index is -0.287. The summed E-state index contributed by atoms with van der Waals surface area (Å²) in [6, 6.07) is 5.72. The van der Waals surface area contributed by atoms with Gasteiger partial charge in [-0.15, -0.1) is 0 Å². The number of amides is 3. The summed E-state index contributed by atoms with van der Waals surface area (Å²) in [7, 11) is 0. The van der Waals surface area contributed by atoms with Gasteiger partial charge in [0.25, 0.3) is 5.91 Å². The van der Waals surface area contributed by atoms with Crippen molar-refractivity contribution >= 4 is 23.3 Å². The minimum Gasteiger partial charge on any atom is -0.309 e. The van der Waals surface area contributed by atoms with Crippen LogP contribution in [0.5, 0.6) is 0 Å². The topological polar surface area (TPSA) is 69.7 Å². The highest BCUT2D eigenvalue weighted by molar-refractivity contribution is 6.04. The van der Waals surface area contributed by atoms with Crippen LogP contribution in [-0.4, -0.2) is 40.8 Å². The third-order valence-corrected chi connectivity index (χ3v) is 4.56. The standard InChI is InChI=1S/C17H17N3O3/c21-15-2-1-3-16(22)20(15)19-10-13-8-11(12-6-7-18-9-12)4-5-14(13)17(19)23/h4-6,8,18H,1-3,7,9-10H2. The molecule has 1 aromatic rings. The Kier molecular flexibility index (Phi) is 3.27. The number of hydrogen-bond donors (Lipinski definition) is 1. The van der Waals surface area contributed by atoms with Crippen LogP contribution in [-0.2, 0) is 16.1 Å². The Morgan fingerprint density at radius 3 is 2.52 bits per heavy atom. The highest BCUT2D eigenvalue weighted by Gasteiger charge is 2.39. The number of benzene rings is 1. The third-order valence-electron chi connectivity index (χ3n) is 4.56. The lowest BCUT2D eigenvalue weighted by atomic mass is 10.0. The summed E-state index contributed by atoms with van der Waals surface area (Å²) in [5.41, 5.74) is 3.74. The Balaban J connectivity index is 1.65. The molecule has 118 valence electrons. The summed E-state index contributed by atoms with van der Waals surface area (Å²) >= 11 is 0. The van der Waals surface area contributed by atoms with Gasteiger partial charge >= 0.3 is 0 Å². The molecule has 0 unspecified atom stereocenters. The van der Waals surface area contributed by atoms with Gasteiger partial charge in [0.15, 0.2) is 0 Å². The average molecular weight is 311 g/mol. The van der Waals surface area contributed by atoms with Crippen molar-refractivity contribution in [2.75, 3.05) is 13.1 Å². The number of imide groups is 1. The molecule has 3 amide bonds. The molecule has 4 rings (SSSR count). The van der Waals surface area contributed by atoms with Crippen molar-refractivity contribution in [1.29, 1.82) is 0 Å². The number of piperidine rings is 1. The van der Waals surface area contributed by atoms with Crippen LogP contribution in [0.1, 0.15) is 40.7 Å². The van der Waals surface area contributed by atoms with Crippen LogP contribution < -0.4 is 5.32 Å². The zero-order valence-corrected chi connectivity index (χ0v) is 12.7. The van der Waals surface area contributed by atoms with E-state index in [9.17, 15) is 14.4 Å². The summed E-state index contributed by atoms with van der Waals surface area (Å²) < 4.78 is 0. The molecular weight excluding hydrogens is 294 g/mol. The zero-order chi connectivity index (χ0) is 16.0. The summed E-state index contributed by atoms with van der Waals surface area (Å²) in [4.78, 5) is 36.7. The monoisotopic (exact) mass is 311 g/mol. The van der Waals surface area contributed by atoms with E-state index in [2.05, 4.69) is 11.4 Å². The van der Waals surface area contributed by atoms with Crippen molar-refractivity contribution in [3.05, 3.63) is 41.0 Å². The molecule has 0 aliphatic carbocycles. The fraction of sp³-hybridized carbons (Fsp3) is 0.353. The van der Waals surface area contributed by atoms with Crippen LogP contribution in [0.15, 0.2) is 24.3 Å². The molecular formula is C17H17N3O3. The first kappa shape index (κ1) is 14.1. The number of fused-ring (bicyclic) bond motifs is 1. The van der Waals surface area contributed by atoms with Crippen molar-refractivity contribution in [2.24, 2.45) is 0 Å². The van der Waals surface area contributed by atoms with E-state index < -0.39 is 0 Å². The second kappa shape index (κ2) is 5.31. The summed E-state index contributed by atoms with van der Waals surface area (Å²) in [6.45, 7) is 1.95. The summed E-state index contributed by atoms with van der Waals surface area (Å²) in [5, 5.41) is 5.59. The van der Waals surface area contributed by atoms with Gasteiger partial charge < -0.3 is 5.32 Å². The second-order valence-corrected chi connectivity index (χ2v) is 6.05. The molecule has 0 spiro atoms. The molecule has 0 aromatic heterocycles. The molecule has 1 fully saturated rings. The maximum Gasteiger partial charge on any atom is 0.273 e. The lowest BCUT2D eigenvalue weighted by Crippen LogP contribution is -2.51. The van der Waals surface area contributed by atoms with Crippen LogP contribution in [0.4, 0.5) is 0 Å². The Morgan fingerprint density at radius 2 is 1.83 bits per heavy atom. The average Bonchev–Trinajstić information content (AvgIpc) is 3.16. The number of carbonyl (C=O) groups excluding carboxylic acids is 3. The minimum absolute atomic E-state index is 0.270. The number of nitrogens with one attached hydrogen (secondary N) is 1. The van der Waals surface area contributed by atoms with Crippen molar-refractivity contribution in [3.63, 3.8) is 0 Å². The number of nitrogens with zero attached hydrogens (tertiary/aromatic N) is 2. The van der Waals surface area contributed by atoms with Gasteiger partial charge in [0.2, 0.25) is 11.8 Å². The number of rotatable bonds is 2. The predicted octanol–water partition coefficient (Wildman–Crippen LogP) is 1.08. The first-order valence-corrected chi connectivity index (χ1v) is 7.86. The smallest absolute Gasteiger partial charge is 0.273 e. The van der Waals surface area contributed by atoms with Gasteiger partial charge in [0.05, 0.1) is 6.54 Å². The molecule has 3 heterocycles. The van der Waals surface area contributed by atoms with E-state index in [4.69, 9.17) is 0 Å². The molecule has 1 N–H and O–H groups in total. The van der Waals surface area contributed by atoms with Gasteiger partial charge in [-0.05, 0) is 35.3 Å². The fourth-order valence-corrected chi connectivity index (χ4v) is 3.37. The van der Waals surface area contributed by atoms with Crippen LogP contribution in [0.25, 0.3) is 5.57 Å². The van der Waals surface area contributed by atoms with E-state index in [1.54, 1.807) is 6.07 Å². The molecule has 0 atom stereocenters. The number of hydrazine groups is 1. The van der Waals surface area contributed by atoms with E-state index in [0.29, 0.717) is 24.8 Å². The molecule has 6 nitrogen and oxygen atoms in total. The highest BCUT2D eigenvalue weighted by atomic mass is 16.2. The quantitative estimate of drug-likeness (QED) is 0.830. The van der Waals surface area contributed by atoms with E-state index in [1.165, 1.54) is 10.6 Å². The first-order valence-electron chi connectivity index (χ1n) is 7.86. The Morgan fingerprint density at radius 1 is 1.04 bits per heavy atom. The van der Waals surface area contributed by atoms with Crippen molar-refractivity contribution in [3.8, 4) is 0 Å². The van der Waals surface area contributed by atoms with Gasteiger partial charge in [-0.25, -0.2) is 5.01 Å². The second-order valence-electron chi connectivity index (χ2n) is 6.05. The molecule has 3 aliphatic heterocycles. The summed E-state index contributed by atoms with van der Waals surface area (Å²) in [6.07, 6.45) is 3.33. The molecule has 3 aliphatic rings. The van der Waals surface area contributed by atoms with Gasteiger partial charge in [-0.3, -0.25) is 14.4 Å². The number of hydrogen-bond acceptors (Lipinski definition) is 4. The van der Waals surface area contributed by atoms with Gasteiger partial charge in [0.1, 0.15) is 0 Å². The van der Waals surface area contributed by atoms with Crippen LogP contribution in [0.3, 0.4) is 0 Å². The lowest BCUT2D eigenvalue weighted by molar-refractivity contribution is -0.163. The first-order chi connectivity index (χ1) is 11.1. The van der Waals surface area contributed by atoms with Gasteiger partial charge in [0, 0.05) is 31.5 Å². The molecule has 0 saturated carbocycles. The molecule has 6 heteroatoms. The van der Waals surface area contributed by atoms with Crippen molar-refractivity contribution in [2.45, 2.75) is 25.8 Å². The normalized spacial score (nSPS) is 21.0. The van der Waals surface area contributed by atoms with Crippen LogP contribution >= 0.6 is 0 Å². The van der Waals surface area contributed by atoms with Gasteiger partial charge in [-0.2, -0.15) is 5.01 Å².